The normalized spacial score (nSPS) is 35.2. The third-order valence-corrected chi connectivity index (χ3v) is 8.94. The summed E-state index contributed by atoms with van der Waals surface area (Å²) in [7, 11) is 0. The Morgan fingerprint density at radius 2 is 1.64 bits per heavy atom. The highest BCUT2D eigenvalue weighted by Crippen LogP contribution is 2.41. The van der Waals surface area contributed by atoms with E-state index in [0.717, 1.165) is 11.5 Å². The zero-order valence-electron chi connectivity index (χ0n) is 24.6. The molecule has 218 valence electrons. The quantitative estimate of drug-likeness (QED) is 0.366. The average Bonchev–Trinajstić information content (AvgIpc) is 3.51. The van der Waals surface area contributed by atoms with Crippen molar-refractivity contribution in [1.29, 1.82) is 0 Å². The van der Waals surface area contributed by atoms with Crippen molar-refractivity contribution in [1.82, 2.24) is 5.32 Å². The molecule has 1 aromatic carbocycles. The van der Waals surface area contributed by atoms with Gasteiger partial charge in [0.05, 0.1) is 19.1 Å². The topological polar surface area (TPSA) is 75.3 Å². The Hall–Kier alpha value is -1.51. The van der Waals surface area contributed by atoms with Gasteiger partial charge in [-0.15, -0.1) is 0 Å². The van der Waals surface area contributed by atoms with Gasteiger partial charge in [-0.05, 0) is 76.3 Å². The minimum atomic E-state index is -0.764. The second-order valence-electron chi connectivity index (χ2n) is 13.0. The van der Waals surface area contributed by atoms with E-state index in [4.69, 9.17) is 23.7 Å². The molecular formula is C32H49NO6. The lowest BCUT2D eigenvalue weighted by atomic mass is 9.77. The minimum Gasteiger partial charge on any atom is -0.348 e. The average molecular weight is 544 g/mol. The smallest absolute Gasteiger partial charge is 0.224 e. The first-order valence-corrected chi connectivity index (χ1v) is 15.3. The molecule has 0 spiro atoms. The Morgan fingerprint density at radius 1 is 0.897 bits per heavy atom. The lowest BCUT2D eigenvalue weighted by molar-refractivity contribution is -0.223. The Kier molecular flexibility index (Phi) is 9.04. The molecule has 1 unspecified atom stereocenters. The summed E-state index contributed by atoms with van der Waals surface area (Å²) in [5, 5.41) is 3.19. The van der Waals surface area contributed by atoms with E-state index < -0.39 is 30.1 Å². The Balaban J connectivity index is 1.14. The highest BCUT2D eigenvalue weighted by molar-refractivity contribution is 5.79. The van der Waals surface area contributed by atoms with E-state index in [1.807, 2.05) is 27.7 Å². The highest BCUT2D eigenvalue weighted by Gasteiger charge is 2.58. The van der Waals surface area contributed by atoms with Crippen LogP contribution in [0.5, 0.6) is 0 Å². The van der Waals surface area contributed by atoms with Gasteiger partial charge in [-0.1, -0.05) is 63.3 Å². The van der Waals surface area contributed by atoms with Crippen LogP contribution in [0.4, 0.5) is 0 Å². The van der Waals surface area contributed by atoms with Crippen LogP contribution in [0.25, 0.3) is 0 Å². The predicted molar refractivity (Wildman–Crippen MR) is 149 cm³/mol. The highest BCUT2D eigenvalue weighted by atomic mass is 16.8. The maximum atomic E-state index is 13.2. The van der Waals surface area contributed by atoms with Crippen molar-refractivity contribution in [3.8, 4) is 0 Å². The van der Waals surface area contributed by atoms with Gasteiger partial charge >= 0.3 is 0 Å². The van der Waals surface area contributed by atoms with Crippen molar-refractivity contribution in [2.24, 2.45) is 5.92 Å². The van der Waals surface area contributed by atoms with Gasteiger partial charge in [0.25, 0.3) is 0 Å². The molecule has 7 heteroatoms. The number of fused-ring (bicyclic) bond motifs is 1. The predicted octanol–water partition coefficient (Wildman–Crippen LogP) is 5.99. The summed E-state index contributed by atoms with van der Waals surface area (Å²) in [5.74, 6) is 0.0540. The van der Waals surface area contributed by atoms with Crippen molar-refractivity contribution in [3.05, 3.63) is 35.4 Å². The third-order valence-electron chi connectivity index (χ3n) is 8.94. The zero-order valence-corrected chi connectivity index (χ0v) is 24.6. The van der Waals surface area contributed by atoms with Gasteiger partial charge in [0, 0.05) is 0 Å². The Labute approximate surface area is 234 Å². The number of unbranched alkanes of at least 4 members (excludes halogenated alkanes) is 3. The summed E-state index contributed by atoms with van der Waals surface area (Å²) < 4.78 is 30.2. The summed E-state index contributed by atoms with van der Waals surface area (Å²) in [6, 6.07) is 8.31. The molecule has 1 N–H and O–H groups in total. The van der Waals surface area contributed by atoms with Gasteiger partial charge in [0.15, 0.2) is 17.9 Å². The van der Waals surface area contributed by atoms with E-state index in [-0.39, 0.29) is 18.1 Å². The van der Waals surface area contributed by atoms with E-state index in [1.165, 1.54) is 63.4 Å². The van der Waals surface area contributed by atoms with Crippen molar-refractivity contribution < 1.29 is 28.5 Å². The van der Waals surface area contributed by atoms with Crippen LogP contribution in [0.1, 0.15) is 109 Å². The molecule has 0 bridgehead atoms. The molecule has 4 fully saturated rings. The summed E-state index contributed by atoms with van der Waals surface area (Å²) in [6.45, 7) is 10.2. The lowest BCUT2D eigenvalue weighted by Gasteiger charge is -2.29. The number of amides is 1. The van der Waals surface area contributed by atoms with Crippen molar-refractivity contribution in [2.45, 2.75) is 147 Å². The summed E-state index contributed by atoms with van der Waals surface area (Å²) in [4.78, 5) is 13.2. The molecule has 3 heterocycles. The number of hydrogen-bond donors (Lipinski definition) is 1. The van der Waals surface area contributed by atoms with Crippen LogP contribution in [0, 0.1) is 5.92 Å². The van der Waals surface area contributed by atoms with Gasteiger partial charge in [0.2, 0.25) is 5.91 Å². The van der Waals surface area contributed by atoms with Crippen LogP contribution in [-0.4, -0.2) is 54.7 Å². The van der Waals surface area contributed by atoms with Crippen LogP contribution in [0.3, 0.4) is 0 Å². The minimum absolute atomic E-state index is 0.0583. The van der Waals surface area contributed by atoms with Crippen LogP contribution >= 0.6 is 0 Å². The molecule has 5 atom stereocenters. The number of nitrogens with one attached hydrogen (secondary N) is 1. The fourth-order valence-electron chi connectivity index (χ4n) is 6.87. The van der Waals surface area contributed by atoms with E-state index >= 15 is 0 Å². The molecule has 1 aromatic rings. The summed E-state index contributed by atoms with van der Waals surface area (Å²) in [6.07, 6.45) is 10.8. The van der Waals surface area contributed by atoms with Crippen molar-refractivity contribution in [2.75, 3.05) is 6.61 Å². The molecule has 7 nitrogen and oxygen atoms in total. The van der Waals surface area contributed by atoms with E-state index in [0.29, 0.717) is 18.9 Å². The fraction of sp³-hybridized carbons (Fsp3) is 0.781. The number of ether oxygens (including phenoxy) is 5. The maximum Gasteiger partial charge on any atom is 0.224 e. The molecule has 5 rings (SSSR count). The zero-order chi connectivity index (χ0) is 27.6. The van der Waals surface area contributed by atoms with Crippen LogP contribution in [0.2, 0.25) is 0 Å². The molecule has 4 aliphatic rings. The third kappa shape index (κ3) is 7.23. The van der Waals surface area contributed by atoms with Crippen molar-refractivity contribution >= 4 is 5.91 Å². The van der Waals surface area contributed by atoms with E-state index in [2.05, 4.69) is 36.5 Å². The molecular weight excluding hydrogens is 494 g/mol. The Bertz CT molecular complexity index is 954. The molecule has 1 amide bonds. The summed E-state index contributed by atoms with van der Waals surface area (Å²) >= 11 is 0. The first kappa shape index (κ1) is 29.0. The number of carbonyl (C=O) groups excluding carboxylic acids is 1. The fourth-order valence-corrected chi connectivity index (χ4v) is 6.87. The Morgan fingerprint density at radius 3 is 2.31 bits per heavy atom. The van der Waals surface area contributed by atoms with Gasteiger partial charge in [-0.25, -0.2) is 0 Å². The number of rotatable bonds is 10. The van der Waals surface area contributed by atoms with Crippen LogP contribution < -0.4 is 5.32 Å². The SMILES string of the molecule is CCCCCCC1CCC(c2ccc(CC(=O)N[C@H]3[C@H]4OC(C)(C)O[C@H]4O[C@@H]3C3COC(C)(C)O3)cc2)CC1. The second-order valence-corrected chi connectivity index (χ2v) is 13.0. The maximum absolute atomic E-state index is 13.2. The van der Waals surface area contributed by atoms with Crippen LogP contribution in [-0.2, 0) is 34.9 Å². The lowest BCUT2D eigenvalue weighted by Crippen LogP contribution is -2.52. The molecule has 1 saturated carbocycles. The molecule has 1 aliphatic carbocycles. The van der Waals surface area contributed by atoms with Gasteiger partial charge < -0.3 is 29.0 Å². The number of benzene rings is 1. The van der Waals surface area contributed by atoms with E-state index in [1.54, 1.807) is 0 Å². The van der Waals surface area contributed by atoms with Gasteiger partial charge in [-0.3, -0.25) is 4.79 Å². The number of carbonyl (C=O) groups is 1. The molecule has 3 aliphatic heterocycles. The van der Waals surface area contributed by atoms with Crippen molar-refractivity contribution in [3.63, 3.8) is 0 Å². The molecule has 39 heavy (non-hydrogen) atoms. The molecule has 0 aromatic heterocycles. The first-order valence-electron chi connectivity index (χ1n) is 15.3. The van der Waals surface area contributed by atoms with Crippen LogP contribution in [0.15, 0.2) is 24.3 Å². The first-order chi connectivity index (χ1) is 18.6. The summed E-state index contributed by atoms with van der Waals surface area (Å²) in [5.41, 5.74) is 2.42. The largest absolute Gasteiger partial charge is 0.348 e. The molecule has 3 saturated heterocycles. The molecule has 0 radical (unpaired) electrons. The van der Waals surface area contributed by atoms with Gasteiger partial charge in [-0.2, -0.15) is 0 Å². The van der Waals surface area contributed by atoms with Gasteiger partial charge in [0.1, 0.15) is 18.3 Å². The standard InChI is InChI=1S/C32H49NO6/c1-6-7-8-9-10-21-11-15-23(16-12-21)24-17-13-22(14-18-24)19-26(34)33-27-28(25-20-35-31(2,3)37-25)36-30-29(27)38-32(4,5)39-30/h13-14,17-18,21,23,25,27-30H,6-12,15-16,19-20H2,1-5H3,(H,33,34)/t21?,23?,25?,27-,28-,29-,30-/m1/s1. The van der Waals surface area contributed by atoms with E-state index in [9.17, 15) is 4.79 Å². The monoisotopic (exact) mass is 543 g/mol. The number of hydrogen-bond acceptors (Lipinski definition) is 6. The second kappa shape index (κ2) is 12.2.